The number of hydrogen-bond donors (Lipinski definition) is 1. The van der Waals surface area contributed by atoms with Gasteiger partial charge in [-0.15, -0.1) is 0 Å². The highest BCUT2D eigenvalue weighted by atomic mass is 16.7. The van der Waals surface area contributed by atoms with Gasteiger partial charge in [0.05, 0.1) is 29.8 Å². The van der Waals surface area contributed by atoms with Crippen molar-refractivity contribution in [2.24, 2.45) is 0 Å². The molecule has 37 heavy (non-hydrogen) atoms. The van der Waals surface area contributed by atoms with Crippen molar-refractivity contribution >= 4 is 30.4 Å². The van der Waals surface area contributed by atoms with E-state index in [-0.39, 0.29) is 12.0 Å². The number of ether oxygens (including phenoxy) is 3. The van der Waals surface area contributed by atoms with Crippen LogP contribution in [0.2, 0.25) is 0 Å². The van der Waals surface area contributed by atoms with E-state index in [0.29, 0.717) is 17.8 Å². The van der Waals surface area contributed by atoms with Crippen molar-refractivity contribution in [3.63, 3.8) is 0 Å². The molecule has 0 unspecified atom stereocenters. The summed E-state index contributed by atoms with van der Waals surface area (Å²) in [5, 5.41) is 2.63. The van der Waals surface area contributed by atoms with Gasteiger partial charge in [-0.2, -0.15) is 0 Å². The molecule has 0 aliphatic carbocycles. The van der Waals surface area contributed by atoms with Crippen LogP contribution in [0.1, 0.15) is 92.9 Å². The van der Waals surface area contributed by atoms with Crippen molar-refractivity contribution in [3.8, 4) is 5.75 Å². The zero-order chi connectivity index (χ0) is 28.4. The Labute approximate surface area is 221 Å². The van der Waals surface area contributed by atoms with E-state index in [1.807, 2.05) is 27.7 Å². The first-order valence-electron chi connectivity index (χ1n) is 12.6. The number of benzene rings is 1. The molecule has 0 aromatic heterocycles. The summed E-state index contributed by atoms with van der Waals surface area (Å²) < 4.78 is 28.8. The molecular formula is C27H42BNO8. The Bertz CT molecular complexity index is 991. The number of esters is 2. The lowest BCUT2D eigenvalue weighted by Crippen LogP contribution is -2.46. The zero-order valence-electron chi connectivity index (χ0n) is 24.1. The Balaban J connectivity index is 2.32. The van der Waals surface area contributed by atoms with Gasteiger partial charge in [-0.1, -0.05) is 6.07 Å². The number of carbonyl (C=O) groups is 3. The average Bonchev–Trinajstić information content (AvgIpc) is 2.92. The Morgan fingerprint density at radius 2 is 1.49 bits per heavy atom. The van der Waals surface area contributed by atoms with E-state index in [4.69, 9.17) is 23.5 Å². The largest absolute Gasteiger partial charge is 0.494 e. The molecule has 0 radical (unpaired) electrons. The minimum Gasteiger partial charge on any atom is -0.493 e. The molecule has 206 valence electrons. The van der Waals surface area contributed by atoms with E-state index >= 15 is 0 Å². The third-order valence-corrected chi connectivity index (χ3v) is 5.86. The van der Waals surface area contributed by atoms with Gasteiger partial charge in [-0.3, -0.25) is 9.59 Å². The fourth-order valence-corrected chi connectivity index (χ4v) is 3.48. The molecule has 1 heterocycles. The molecular weight excluding hydrogens is 477 g/mol. The molecule has 0 spiro atoms. The van der Waals surface area contributed by atoms with E-state index in [1.54, 1.807) is 66.7 Å². The van der Waals surface area contributed by atoms with Crippen molar-refractivity contribution in [2.45, 2.75) is 111 Å². The van der Waals surface area contributed by atoms with Crippen LogP contribution in [0.5, 0.6) is 5.75 Å². The molecule has 0 saturated carbocycles. The van der Waals surface area contributed by atoms with Gasteiger partial charge < -0.3 is 28.8 Å². The maximum atomic E-state index is 13.3. The number of amides is 1. The third-order valence-electron chi connectivity index (χ3n) is 5.86. The van der Waals surface area contributed by atoms with Gasteiger partial charge in [-0.05, 0) is 93.8 Å². The van der Waals surface area contributed by atoms with E-state index in [2.05, 4.69) is 5.32 Å². The maximum absolute atomic E-state index is 13.3. The van der Waals surface area contributed by atoms with Crippen LogP contribution in [0.4, 0.5) is 0 Å². The van der Waals surface area contributed by atoms with Crippen LogP contribution in [0.3, 0.4) is 0 Å². The van der Waals surface area contributed by atoms with Gasteiger partial charge in [0, 0.05) is 0 Å². The highest BCUT2D eigenvalue weighted by Crippen LogP contribution is 2.36. The second kappa shape index (κ2) is 11.0. The lowest BCUT2D eigenvalue weighted by molar-refractivity contribution is -0.164. The first-order chi connectivity index (χ1) is 16.7. The molecule has 10 heteroatoms. The maximum Gasteiger partial charge on any atom is 0.494 e. The van der Waals surface area contributed by atoms with Crippen LogP contribution < -0.4 is 15.5 Å². The van der Waals surface area contributed by atoms with E-state index < -0.39 is 53.4 Å². The molecule has 1 amide bonds. The Kier molecular flexibility index (Phi) is 9.13. The summed E-state index contributed by atoms with van der Waals surface area (Å²) in [7, 11) is -0.636. The molecule has 1 aliphatic rings. The smallest absolute Gasteiger partial charge is 0.493 e. The summed E-state index contributed by atoms with van der Waals surface area (Å²) in [5.41, 5.74) is -1.72. The molecule has 2 rings (SSSR count). The molecule has 1 aromatic carbocycles. The molecule has 1 saturated heterocycles. The molecule has 9 nitrogen and oxygen atoms in total. The molecule has 1 fully saturated rings. The second-order valence-electron chi connectivity index (χ2n) is 12.1. The van der Waals surface area contributed by atoms with Crippen LogP contribution in [0.25, 0.3) is 0 Å². The van der Waals surface area contributed by atoms with Gasteiger partial charge in [-0.25, -0.2) is 4.79 Å². The summed E-state index contributed by atoms with van der Waals surface area (Å²) in [6.07, 6.45) is -0.381. The first kappa shape index (κ1) is 30.6. The van der Waals surface area contributed by atoms with Crippen LogP contribution in [0.15, 0.2) is 18.2 Å². The third kappa shape index (κ3) is 8.47. The van der Waals surface area contributed by atoms with Crippen molar-refractivity contribution in [1.82, 2.24) is 5.32 Å². The number of hydrogen-bond acceptors (Lipinski definition) is 8. The summed E-state index contributed by atoms with van der Waals surface area (Å²) in [5.74, 6) is -1.67. The molecule has 1 aromatic rings. The normalized spacial score (nSPS) is 17.6. The predicted molar refractivity (Wildman–Crippen MR) is 141 cm³/mol. The molecule has 1 aliphatic heterocycles. The van der Waals surface area contributed by atoms with Crippen LogP contribution in [-0.4, -0.2) is 60.0 Å². The van der Waals surface area contributed by atoms with E-state index in [1.165, 1.54) is 0 Å². The van der Waals surface area contributed by atoms with Crippen LogP contribution in [0, 0.1) is 0 Å². The standard InChI is InChI=1S/C27H42BNO8/c1-12-33-20-15-17(28-36-26(8,9)27(10,11)37-28)13-14-18(20)22(31)29-19(23(32)35-25(5,6)7)16-21(30)34-24(2,3)4/h13-15,19H,12,16H2,1-11H3,(H,29,31)/t19-/m0/s1. The van der Waals surface area contributed by atoms with E-state index in [0.717, 1.165) is 0 Å². The van der Waals surface area contributed by atoms with Crippen molar-refractivity contribution in [3.05, 3.63) is 23.8 Å². The minimum atomic E-state index is -1.25. The number of rotatable bonds is 8. The van der Waals surface area contributed by atoms with Crippen molar-refractivity contribution < 1.29 is 37.9 Å². The topological polar surface area (TPSA) is 109 Å². The fourth-order valence-electron chi connectivity index (χ4n) is 3.48. The quantitative estimate of drug-likeness (QED) is 0.410. The van der Waals surface area contributed by atoms with Crippen molar-refractivity contribution in [2.75, 3.05) is 6.61 Å². The Morgan fingerprint density at radius 3 is 1.97 bits per heavy atom. The van der Waals surface area contributed by atoms with Crippen LogP contribution >= 0.6 is 0 Å². The second-order valence-corrected chi connectivity index (χ2v) is 12.1. The lowest BCUT2D eigenvalue weighted by atomic mass is 9.78. The lowest BCUT2D eigenvalue weighted by Gasteiger charge is -2.32. The predicted octanol–water partition coefficient (Wildman–Crippen LogP) is 3.56. The van der Waals surface area contributed by atoms with Gasteiger partial charge in [0.15, 0.2) is 0 Å². The van der Waals surface area contributed by atoms with Crippen molar-refractivity contribution in [1.29, 1.82) is 0 Å². The fraction of sp³-hybridized carbons (Fsp3) is 0.667. The summed E-state index contributed by atoms with van der Waals surface area (Å²) >= 11 is 0. The molecule has 1 N–H and O–H groups in total. The molecule has 1 atom stereocenters. The van der Waals surface area contributed by atoms with Crippen LogP contribution in [-0.2, 0) is 28.4 Å². The first-order valence-corrected chi connectivity index (χ1v) is 12.6. The Hall–Kier alpha value is -2.59. The van der Waals surface area contributed by atoms with Gasteiger partial charge in [0.25, 0.3) is 5.91 Å². The number of nitrogens with one attached hydrogen (secondary N) is 1. The SMILES string of the molecule is CCOc1cc(B2OC(C)(C)C(C)(C)O2)ccc1C(=O)N[C@@H](CC(=O)OC(C)(C)C)C(=O)OC(C)(C)C. The minimum absolute atomic E-state index is 0.194. The summed E-state index contributed by atoms with van der Waals surface area (Å²) in [6, 6.07) is 3.74. The van der Waals surface area contributed by atoms with E-state index in [9.17, 15) is 14.4 Å². The van der Waals surface area contributed by atoms with Gasteiger partial charge >= 0.3 is 19.1 Å². The van der Waals surface area contributed by atoms with Gasteiger partial charge in [0.2, 0.25) is 0 Å². The number of carbonyl (C=O) groups excluding carboxylic acids is 3. The molecule has 0 bridgehead atoms. The summed E-state index contributed by atoms with van der Waals surface area (Å²) in [4.78, 5) is 38.7. The average molecular weight is 519 g/mol. The Morgan fingerprint density at radius 1 is 0.946 bits per heavy atom. The highest BCUT2D eigenvalue weighted by molar-refractivity contribution is 6.62. The zero-order valence-corrected chi connectivity index (χ0v) is 24.1. The summed E-state index contributed by atoms with van der Waals surface area (Å²) in [6.45, 7) is 20.2. The van der Waals surface area contributed by atoms with Gasteiger partial charge in [0.1, 0.15) is 23.0 Å². The highest BCUT2D eigenvalue weighted by Gasteiger charge is 2.51. The monoisotopic (exact) mass is 519 g/mol.